The number of benzene rings is 1. The van der Waals surface area contributed by atoms with E-state index in [1.54, 1.807) is 0 Å². The number of amides is 1. The van der Waals surface area contributed by atoms with E-state index in [1.165, 1.54) is 6.92 Å². The quantitative estimate of drug-likeness (QED) is 0.773. The SMILES string of the molecule is CC[C@H]1O[C@H](C(F)(F)CO)C(NC(C)=O)[C@@H](OCc2ccccc2)[C@H]1C. The average Bonchev–Trinajstić information content (AvgIpc) is 2.61. The first-order valence-corrected chi connectivity index (χ1v) is 8.87. The minimum atomic E-state index is -3.49. The first kappa shape index (κ1) is 20.7. The van der Waals surface area contributed by atoms with Crippen LogP contribution >= 0.6 is 0 Å². The van der Waals surface area contributed by atoms with E-state index in [4.69, 9.17) is 14.6 Å². The van der Waals surface area contributed by atoms with E-state index in [0.717, 1.165) is 5.56 Å². The Labute approximate surface area is 152 Å². The van der Waals surface area contributed by atoms with Crippen LogP contribution in [0.1, 0.15) is 32.8 Å². The molecule has 0 saturated carbocycles. The molecule has 7 heteroatoms. The van der Waals surface area contributed by atoms with Crippen molar-refractivity contribution in [2.24, 2.45) is 5.92 Å². The van der Waals surface area contributed by atoms with Gasteiger partial charge in [0.1, 0.15) is 12.7 Å². The fraction of sp³-hybridized carbons (Fsp3) is 0.632. The maximum atomic E-state index is 14.3. The van der Waals surface area contributed by atoms with Gasteiger partial charge in [0.2, 0.25) is 5.91 Å². The molecule has 2 N–H and O–H groups in total. The number of nitrogens with one attached hydrogen (secondary N) is 1. The van der Waals surface area contributed by atoms with Gasteiger partial charge in [-0.3, -0.25) is 4.79 Å². The van der Waals surface area contributed by atoms with E-state index in [-0.39, 0.29) is 12.5 Å². The maximum Gasteiger partial charge on any atom is 0.298 e. The third-order valence-corrected chi connectivity index (χ3v) is 4.79. The van der Waals surface area contributed by atoms with Crippen LogP contribution in [0.5, 0.6) is 0 Å². The van der Waals surface area contributed by atoms with Gasteiger partial charge in [0.25, 0.3) is 5.92 Å². The summed E-state index contributed by atoms with van der Waals surface area (Å²) in [5, 5.41) is 11.7. The highest BCUT2D eigenvalue weighted by molar-refractivity contribution is 5.73. The highest BCUT2D eigenvalue weighted by Gasteiger charge is 2.54. The third kappa shape index (κ3) is 4.78. The highest BCUT2D eigenvalue weighted by atomic mass is 19.3. The summed E-state index contributed by atoms with van der Waals surface area (Å²) in [6.45, 7) is 3.86. The van der Waals surface area contributed by atoms with Gasteiger partial charge < -0.3 is 19.9 Å². The first-order valence-electron chi connectivity index (χ1n) is 8.87. The number of carbonyl (C=O) groups is 1. The van der Waals surface area contributed by atoms with Crippen molar-refractivity contribution >= 4 is 5.91 Å². The van der Waals surface area contributed by atoms with Crippen molar-refractivity contribution in [3.63, 3.8) is 0 Å². The smallest absolute Gasteiger partial charge is 0.298 e. The second-order valence-corrected chi connectivity index (χ2v) is 6.77. The molecular formula is C19H27F2NO4. The Balaban J connectivity index is 2.28. The zero-order valence-corrected chi connectivity index (χ0v) is 15.3. The van der Waals surface area contributed by atoms with Crippen molar-refractivity contribution in [2.75, 3.05) is 6.61 Å². The number of ether oxygens (including phenoxy) is 2. The second kappa shape index (κ2) is 8.88. The van der Waals surface area contributed by atoms with Gasteiger partial charge in [-0.25, -0.2) is 8.78 Å². The van der Waals surface area contributed by atoms with Crippen molar-refractivity contribution in [2.45, 2.75) is 64.1 Å². The van der Waals surface area contributed by atoms with Crippen LogP contribution in [0.4, 0.5) is 8.78 Å². The highest BCUT2D eigenvalue weighted by Crippen LogP contribution is 2.37. The van der Waals surface area contributed by atoms with E-state index in [0.29, 0.717) is 6.42 Å². The molecule has 1 aliphatic rings. The molecular weight excluding hydrogens is 344 g/mol. The molecule has 0 spiro atoms. The maximum absolute atomic E-state index is 14.3. The molecule has 1 saturated heterocycles. The number of carbonyl (C=O) groups excluding carboxylic acids is 1. The monoisotopic (exact) mass is 371 g/mol. The summed E-state index contributed by atoms with van der Waals surface area (Å²) in [4.78, 5) is 11.6. The molecule has 0 bridgehead atoms. The normalized spacial score (nSPS) is 29.4. The summed E-state index contributed by atoms with van der Waals surface area (Å²) in [6.07, 6.45) is -2.25. The largest absolute Gasteiger partial charge is 0.390 e. The molecule has 1 unspecified atom stereocenters. The lowest BCUT2D eigenvalue weighted by molar-refractivity contribution is -0.246. The summed E-state index contributed by atoms with van der Waals surface area (Å²) in [7, 11) is 0. The molecule has 26 heavy (non-hydrogen) atoms. The lowest BCUT2D eigenvalue weighted by Gasteiger charge is -2.47. The van der Waals surface area contributed by atoms with E-state index in [2.05, 4.69) is 5.32 Å². The minimum Gasteiger partial charge on any atom is -0.390 e. The number of aliphatic hydroxyl groups is 1. The molecule has 5 atom stereocenters. The van der Waals surface area contributed by atoms with Gasteiger partial charge >= 0.3 is 0 Å². The van der Waals surface area contributed by atoms with Gasteiger partial charge in [0.15, 0.2) is 0 Å². The van der Waals surface area contributed by atoms with Gasteiger partial charge in [0.05, 0.1) is 24.9 Å². The van der Waals surface area contributed by atoms with Crippen LogP contribution < -0.4 is 5.32 Å². The minimum absolute atomic E-state index is 0.202. The van der Waals surface area contributed by atoms with Crippen LogP contribution in [0.25, 0.3) is 0 Å². The number of hydrogen-bond donors (Lipinski definition) is 2. The third-order valence-electron chi connectivity index (χ3n) is 4.79. The average molecular weight is 371 g/mol. The number of hydrogen-bond acceptors (Lipinski definition) is 4. The number of alkyl halides is 2. The Hall–Kier alpha value is -1.57. The van der Waals surface area contributed by atoms with Gasteiger partial charge in [-0.15, -0.1) is 0 Å². The van der Waals surface area contributed by atoms with Gasteiger partial charge in [-0.1, -0.05) is 44.2 Å². The molecule has 0 aliphatic carbocycles. The van der Waals surface area contributed by atoms with Crippen LogP contribution in [0.15, 0.2) is 30.3 Å². The predicted molar refractivity (Wildman–Crippen MR) is 92.8 cm³/mol. The summed E-state index contributed by atoms with van der Waals surface area (Å²) in [6, 6.07) is 8.33. The molecule has 2 rings (SSSR count). The molecule has 0 aromatic heterocycles. The summed E-state index contributed by atoms with van der Waals surface area (Å²) in [5.41, 5.74) is 0.909. The Morgan fingerprint density at radius 3 is 2.54 bits per heavy atom. The molecule has 1 fully saturated rings. The number of aliphatic hydroxyl groups excluding tert-OH is 1. The van der Waals surface area contributed by atoms with Crippen molar-refractivity contribution in [3.05, 3.63) is 35.9 Å². The van der Waals surface area contributed by atoms with Crippen LogP contribution in [-0.4, -0.2) is 47.9 Å². The zero-order valence-electron chi connectivity index (χ0n) is 15.3. The van der Waals surface area contributed by atoms with Gasteiger partial charge in [-0.2, -0.15) is 0 Å². The first-order chi connectivity index (χ1) is 12.3. The van der Waals surface area contributed by atoms with E-state index in [1.807, 2.05) is 44.2 Å². The Bertz CT molecular complexity index is 584. The standard InChI is InChI=1S/C19H27F2NO4/c1-4-15-12(2)17(25-10-14-8-6-5-7-9-14)16(22-13(3)24)18(26-15)19(20,21)11-23/h5-9,12,15-18,23H,4,10-11H2,1-3H3,(H,22,24)/t12-,15+,16?,17-,18-/m0/s1. The second-order valence-electron chi connectivity index (χ2n) is 6.77. The number of halogens is 2. The molecule has 1 aliphatic heterocycles. The van der Waals surface area contributed by atoms with Crippen molar-refractivity contribution < 1.29 is 28.2 Å². The van der Waals surface area contributed by atoms with E-state index >= 15 is 0 Å². The summed E-state index contributed by atoms with van der Waals surface area (Å²) >= 11 is 0. The topological polar surface area (TPSA) is 67.8 Å². The molecule has 1 heterocycles. The van der Waals surface area contributed by atoms with Crippen molar-refractivity contribution in [1.29, 1.82) is 0 Å². The molecule has 5 nitrogen and oxygen atoms in total. The van der Waals surface area contributed by atoms with Crippen molar-refractivity contribution in [1.82, 2.24) is 5.32 Å². The molecule has 146 valence electrons. The Kier molecular flexibility index (Phi) is 7.08. The Morgan fingerprint density at radius 1 is 1.35 bits per heavy atom. The molecule has 1 aromatic carbocycles. The van der Waals surface area contributed by atoms with Crippen molar-refractivity contribution in [3.8, 4) is 0 Å². The molecule has 0 radical (unpaired) electrons. The fourth-order valence-corrected chi connectivity index (χ4v) is 3.44. The van der Waals surface area contributed by atoms with Gasteiger partial charge in [-0.05, 0) is 12.0 Å². The van der Waals surface area contributed by atoms with Gasteiger partial charge in [0, 0.05) is 12.8 Å². The van der Waals surface area contributed by atoms with Crippen LogP contribution in [0.3, 0.4) is 0 Å². The fourth-order valence-electron chi connectivity index (χ4n) is 3.44. The summed E-state index contributed by atoms with van der Waals surface area (Å²) < 4.78 is 40.2. The number of rotatable bonds is 7. The van der Waals surface area contributed by atoms with E-state index in [9.17, 15) is 13.6 Å². The Morgan fingerprint density at radius 2 is 2.00 bits per heavy atom. The van der Waals surface area contributed by atoms with Crippen LogP contribution in [0, 0.1) is 5.92 Å². The predicted octanol–water partition coefficient (Wildman–Crippen LogP) is 2.52. The van der Waals surface area contributed by atoms with Crippen LogP contribution in [0.2, 0.25) is 0 Å². The van der Waals surface area contributed by atoms with E-state index < -0.39 is 42.8 Å². The molecule has 1 aromatic rings. The molecule has 1 amide bonds. The van der Waals surface area contributed by atoms with Crippen LogP contribution in [-0.2, 0) is 20.9 Å². The summed E-state index contributed by atoms with van der Waals surface area (Å²) in [5.74, 6) is -4.14. The lowest BCUT2D eigenvalue weighted by atomic mass is 9.83. The zero-order chi connectivity index (χ0) is 19.3. The lowest BCUT2D eigenvalue weighted by Crippen LogP contribution is -2.66.